The minimum absolute atomic E-state index is 0. The van der Waals surface area contributed by atoms with Gasteiger partial charge in [-0.3, -0.25) is 0 Å². The zero-order chi connectivity index (χ0) is 13.6. The summed E-state index contributed by atoms with van der Waals surface area (Å²) in [5.74, 6) is 1.02. The lowest BCUT2D eigenvalue weighted by Gasteiger charge is -2.59. The van der Waals surface area contributed by atoms with Crippen molar-refractivity contribution in [2.75, 3.05) is 26.2 Å². The van der Waals surface area contributed by atoms with Crippen molar-refractivity contribution in [3.8, 4) is 0 Å². The van der Waals surface area contributed by atoms with Crippen molar-refractivity contribution in [3.63, 3.8) is 0 Å². The molecule has 2 fully saturated rings. The van der Waals surface area contributed by atoms with Crippen molar-refractivity contribution in [3.05, 3.63) is 13.2 Å². The Labute approximate surface area is 115 Å². The molecule has 0 aromatic heterocycles. The normalized spacial score (nSPS) is 22.2. The fraction of sp³-hybridized carbons (Fsp3) is 0.875. The van der Waals surface area contributed by atoms with Crippen molar-refractivity contribution in [2.45, 2.75) is 52.5 Å². The van der Waals surface area contributed by atoms with Crippen LogP contribution in [0.5, 0.6) is 0 Å². The predicted molar refractivity (Wildman–Crippen MR) is 83.0 cm³/mol. The number of nitrogens with zero attached hydrogens (tertiary/aromatic N) is 1. The van der Waals surface area contributed by atoms with Crippen molar-refractivity contribution < 1.29 is 1.43 Å². The van der Waals surface area contributed by atoms with Crippen LogP contribution < -0.4 is 5.32 Å². The third-order valence-electron chi connectivity index (χ3n) is 4.21. The van der Waals surface area contributed by atoms with Gasteiger partial charge < -0.3 is 10.2 Å². The molecule has 108 valence electrons. The fourth-order valence-corrected chi connectivity index (χ4v) is 3.58. The second kappa shape index (κ2) is 7.30. The minimum Gasteiger partial charge on any atom is -0.315 e. The maximum atomic E-state index is 3.53. The minimum atomic E-state index is 0. The average Bonchev–Trinajstić information content (AvgIpc) is 2.25. The van der Waals surface area contributed by atoms with Crippen LogP contribution in [0.25, 0.3) is 0 Å². The van der Waals surface area contributed by atoms with Crippen molar-refractivity contribution >= 4 is 0 Å². The molecule has 1 spiro atoms. The molecular formula is C16H34N2. The molecule has 0 aromatic rings. The Morgan fingerprint density at radius 1 is 1.33 bits per heavy atom. The monoisotopic (exact) mass is 254 g/mol. The molecule has 0 bridgehead atoms. The Bertz CT molecular complexity index is 229. The largest absolute Gasteiger partial charge is 0.315 e. The molecule has 1 N–H and O–H groups in total. The SMILES string of the molecule is C=C.CCCN1CC2(CC(CCNC(C)C)C2)C1.[HH]. The highest BCUT2D eigenvalue weighted by Crippen LogP contribution is 2.52. The van der Waals surface area contributed by atoms with Crippen LogP contribution in [0.2, 0.25) is 0 Å². The standard InChI is InChI=1S/C14H28N2.C2H4.H2/c1-4-7-16-10-14(11-16)8-13(9-14)5-6-15-12(2)3;1-2;/h12-13,15H,4-11H2,1-3H3;1-2H2;1H. The molecule has 2 rings (SSSR count). The van der Waals surface area contributed by atoms with Gasteiger partial charge in [0.05, 0.1) is 0 Å². The quantitative estimate of drug-likeness (QED) is 0.729. The van der Waals surface area contributed by atoms with E-state index in [9.17, 15) is 0 Å². The van der Waals surface area contributed by atoms with Crippen molar-refractivity contribution in [1.29, 1.82) is 0 Å². The zero-order valence-corrected chi connectivity index (χ0v) is 12.7. The summed E-state index contributed by atoms with van der Waals surface area (Å²) in [7, 11) is 0. The molecule has 2 heteroatoms. The Balaban J connectivity index is 0.00000103. The van der Waals surface area contributed by atoms with Crippen LogP contribution in [-0.2, 0) is 0 Å². The molecule has 1 aliphatic heterocycles. The third kappa shape index (κ3) is 4.10. The molecule has 1 saturated carbocycles. The van der Waals surface area contributed by atoms with Crippen LogP contribution in [0.4, 0.5) is 0 Å². The van der Waals surface area contributed by atoms with Gasteiger partial charge in [0.1, 0.15) is 0 Å². The first-order valence-corrected chi connectivity index (χ1v) is 7.59. The van der Waals surface area contributed by atoms with Gasteiger partial charge in [-0.25, -0.2) is 0 Å². The highest BCUT2D eigenvalue weighted by atomic mass is 15.2. The zero-order valence-electron chi connectivity index (χ0n) is 12.7. The highest BCUT2D eigenvalue weighted by molar-refractivity contribution is 5.03. The molecule has 2 nitrogen and oxygen atoms in total. The molecule has 1 aliphatic carbocycles. The molecule has 1 saturated heterocycles. The predicted octanol–water partition coefficient (Wildman–Crippen LogP) is 3.54. The van der Waals surface area contributed by atoms with Crippen LogP contribution in [0.1, 0.15) is 47.9 Å². The Hall–Kier alpha value is -0.340. The number of nitrogens with one attached hydrogen (secondary N) is 1. The first kappa shape index (κ1) is 15.7. The van der Waals surface area contributed by atoms with E-state index in [4.69, 9.17) is 0 Å². The maximum Gasteiger partial charge on any atom is 0.00507 e. The van der Waals surface area contributed by atoms with Crippen molar-refractivity contribution in [2.24, 2.45) is 11.3 Å². The lowest BCUT2D eigenvalue weighted by Crippen LogP contribution is -2.62. The van der Waals surface area contributed by atoms with E-state index in [1.54, 1.807) is 0 Å². The molecule has 18 heavy (non-hydrogen) atoms. The number of rotatable bonds is 6. The van der Waals surface area contributed by atoms with Crippen LogP contribution in [0.3, 0.4) is 0 Å². The molecule has 0 atom stereocenters. The van der Waals surface area contributed by atoms with Gasteiger partial charge in [-0.15, -0.1) is 13.2 Å². The maximum absolute atomic E-state index is 3.53. The first-order valence-electron chi connectivity index (χ1n) is 7.59. The molecular weight excluding hydrogens is 220 g/mol. The summed E-state index contributed by atoms with van der Waals surface area (Å²) in [6, 6.07) is 0.651. The summed E-state index contributed by atoms with van der Waals surface area (Å²) in [6.45, 7) is 18.1. The molecule has 1 heterocycles. The van der Waals surface area contributed by atoms with E-state index in [1.807, 2.05) is 0 Å². The summed E-state index contributed by atoms with van der Waals surface area (Å²) in [6.07, 6.45) is 5.73. The van der Waals surface area contributed by atoms with Gasteiger partial charge in [0.15, 0.2) is 0 Å². The fourth-order valence-electron chi connectivity index (χ4n) is 3.58. The molecule has 0 unspecified atom stereocenters. The first-order chi connectivity index (χ1) is 8.63. The molecule has 0 radical (unpaired) electrons. The van der Waals surface area contributed by atoms with E-state index in [-0.39, 0.29) is 1.43 Å². The van der Waals surface area contributed by atoms with Crippen LogP contribution in [-0.4, -0.2) is 37.1 Å². The lowest BCUT2D eigenvalue weighted by molar-refractivity contribution is -0.0952. The molecule has 2 aliphatic rings. The Morgan fingerprint density at radius 2 is 1.94 bits per heavy atom. The lowest BCUT2D eigenvalue weighted by atomic mass is 9.57. The second-order valence-electron chi connectivity index (χ2n) is 6.38. The smallest absolute Gasteiger partial charge is 0.00507 e. The summed E-state index contributed by atoms with van der Waals surface area (Å²) in [4.78, 5) is 2.63. The average molecular weight is 254 g/mol. The number of likely N-dealkylation sites (tertiary alicyclic amines) is 1. The van der Waals surface area contributed by atoms with Crippen LogP contribution in [0.15, 0.2) is 13.2 Å². The van der Waals surface area contributed by atoms with E-state index in [2.05, 4.69) is 44.1 Å². The van der Waals surface area contributed by atoms with Gasteiger partial charge in [0, 0.05) is 20.6 Å². The summed E-state index contributed by atoms with van der Waals surface area (Å²) >= 11 is 0. The van der Waals surface area contributed by atoms with Crippen molar-refractivity contribution in [1.82, 2.24) is 10.2 Å². The Kier molecular flexibility index (Phi) is 6.37. The summed E-state index contributed by atoms with van der Waals surface area (Å²) in [5, 5.41) is 3.53. The van der Waals surface area contributed by atoms with E-state index < -0.39 is 0 Å². The highest BCUT2D eigenvalue weighted by Gasteiger charge is 2.51. The Morgan fingerprint density at radius 3 is 2.44 bits per heavy atom. The second-order valence-corrected chi connectivity index (χ2v) is 6.38. The van der Waals surface area contributed by atoms with Gasteiger partial charge in [-0.05, 0) is 50.1 Å². The molecule has 0 amide bonds. The van der Waals surface area contributed by atoms with E-state index >= 15 is 0 Å². The third-order valence-corrected chi connectivity index (χ3v) is 4.21. The van der Waals surface area contributed by atoms with E-state index in [0.717, 1.165) is 11.3 Å². The van der Waals surface area contributed by atoms with Gasteiger partial charge in [-0.1, -0.05) is 20.8 Å². The number of hydrogen-bond acceptors (Lipinski definition) is 2. The van der Waals surface area contributed by atoms with E-state index in [1.165, 1.54) is 51.9 Å². The van der Waals surface area contributed by atoms with Gasteiger partial charge in [0.2, 0.25) is 0 Å². The van der Waals surface area contributed by atoms with Crippen LogP contribution >= 0.6 is 0 Å². The van der Waals surface area contributed by atoms with Crippen LogP contribution in [0, 0.1) is 11.3 Å². The number of hydrogen-bond donors (Lipinski definition) is 1. The molecule has 0 aromatic carbocycles. The topological polar surface area (TPSA) is 15.3 Å². The van der Waals surface area contributed by atoms with Gasteiger partial charge in [0.25, 0.3) is 0 Å². The van der Waals surface area contributed by atoms with Gasteiger partial charge >= 0.3 is 0 Å². The van der Waals surface area contributed by atoms with E-state index in [0.29, 0.717) is 6.04 Å². The summed E-state index contributed by atoms with van der Waals surface area (Å²) < 4.78 is 0. The van der Waals surface area contributed by atoms with Gasteiger partial charge in [-0.2, -0.15) is 0 Å². The summed E-state index contributed by atoms with van der Waals surface area (Å²) in [5.41, 5.74) is 0.775.